The third-order valence-electron chi connectivity index (χ3n) is 1.95. The molecule has 62 valence electrons. The van der Waals surface area contributed by atoms with Crippen molar-refractivity contribution in [1.82, 2.24) is 4.98 Å². The minimum absolute atomic E-state index is 0.611. The zero-order chi connectivity index (χ0) is 8.43. The lowest BCUT2D eigenvalue weighted by atomic mass is 10.0. The van der Waals surface area contributed by atoms with Crippen LogP contribution in [0.15, 0.2) is 6.07 Å². The number of aromatic amines is 1. The highest BCUT2D eigenvalue weighted by molar-refractivity contribution is 9.09. The van der Waals surface area contributed by atoms with E-state index in [4.69, 9.17) is 0 Å². The lowest BCUT2D eigenvalue weighted by Crippen LogP contribution is -1.94. The molecule has 0 spiro atoms. The van der Waals surface area contributed by atoms with Gasteiger partial charge in [-0.2, -0.15) is 0 Å². The summed E-state index contributed by atoms with van der Waals surface area (Å²) in [6.07, 6.45) is 0. The van der Waals surface area contributed by atoms with E-state index in [0.29, 0.717) is 5.92 Å². The van der Waals surface area contributed by atoms with E-state index >= 15 is 0 Å². The van der Waals surface area contributed by atoms with Crippen LogP contribution in [0, 0.1) is 13.8 Å². The normalized spacial score (nSPS) is 13.5. The molecule has 0 radical (unpaired) electrons. The summed E-state index contributed by atoms with van der Waals surface area (Å²) in [4.78, 5) is 3.30. The van der Waals surface area contributed by atoms with E-state index in [9.17, 15) is 0 Å². The lowest BCUT2D eigenvalue weighted by molar-refractivity contribution is 0.877. The van der Waals surface area contributed by atoms with Gasteiger partial charge < -0.3 is 4.98 Å². The molecule has 1 nitrogen and oxygen atoms in total. The summed E-state index contributed by atoms with van der Waals surface area (Å²) < 4.78 is 0. The molecule has 1 aromatic rings. The van der Waals surface area contributed by atoms with Crippen LogP contribution < -0.4 is 0 Å². The van der Waals surface area contributed by atoms with E-state index in [2.05, 4.69) is 47.8 Å². The minimum Gasteiger partial charge on any atom is -0.362 e. The average Bonchev–Trinajstić information content (AvgIpc) is 2.28. The van der Waals surface area contributed by atoms with Crippen LogP contribution in [0.4, 0.5) is 0 Å². The van der Waals surface area contributed by atoms with Gasteiger partial charge in [-0.15, -0.1) is 0 Å². The van der Waals surface area contributed by atoms with Gasteiger partial charge in [-0.1, -0.05) is 22.9 Å². The third kappa shape index (κ3) is 1.86. The minimum atomic E-state index is 0.611. The molecule has 0 bridgehead atoms. The summed E-state index contributed by atoms with van der Waals surface area (Å²) in [5.41, 5.74) is 3.99. The molecule has 1 atom stereocenters. The van der Waals surface area contributed by atoms with Gasteiger partial charge in [0.15, 0.2) is 0 Å². The molecular weight excluding hydrogens is 202 g/mol. The van der Waals surface area contributed by atoms with Crippen LogP contribution in [0.25, 0.3) is 0 Å². The van der Waals surface area contributed by atoms with Gasteiger partial charge in [0.2, 0.25) is 0 Å². The average molecular weight is 216 g/mol. The lowest BCUT2D eigenvalue weighted by Gasteiger charge is -2.05. The number of nitrogens with one attached hydrogen (secondary N) is 1. The highest BCUT2D eigenvalue weighted by atomic mass is 79.9. The molecule has 0 amide bonds. The number of aryl methyl sites for hydroxylation is 2. The second-order valence-corrected chi connectivity index (χ2v) is 3.74. The van der Waals surface area contributed by atoms with Crippen molar-refractivity contribution >= 4 is 15.9 Å². The number of hydrogen-bond donors (Lipinski definition) is 1. The standard InChI is InChI=1S/C9H14BrN/c1-6(5-10)9-4-7(2)11-8(9)3/h4,6,11H,5H2,1-3H3/t6-/m0/s1. The summed E-state index contributed by atoms with van der Waals surface area (Å²) in [6.45, 7) is 6.45. The van der Waals surface area contributed by atoms with Crippen LogP contribution in [0.3, 0.4) is 0 Å². The predicted molar refractivity (Wildman–Crippen MR) is 52.5 cm³/mol. The topological polar surface area (TPSA) is 15.8 Å². The zero-order valence-corrected chi connectivity index (χ0v) is 8.83. The fraction of sp³-hybridized carbons (Fsp3) is 0.556. The predicted octanol–water partition coefficient (Wildman–Crippen LogP) is 3.13. The molecule has 0 saturated carbocycles. The Morgan fingerprint density at radius 3 is 2.55 bits per heavy atom. The van der Waals surface area contributed by atoms with Crippen LogP contribution in [0.5, 0.6) is 0 Å². The van der Waals surface area contributed by atoms with Gasteiger partial charge in [-0.25, -0.2) is 0 Å². The van der Waals surface area contributed by atoms with Gasteiger partial charge >= 0.3 is 0 Å². The van der Waals surface area contributed by atoms with Gasteiger partial charge in [-0.3, -0.25) is 0 Å². The molecule has 0 aromatic carbocycles. The first kappa shape index (κ1) is 8.85. The largest absolute Gasteiger partial charge is 0.362 e. The van der Waals surface area contributed by atoms with E-state index in [0.717, 1.165) is 5.33 Å². The van der Waals surface area contributed by atoms with Gasteiger partial charge in [-0.05, 0) is 31.4 Å². The van der Waals surface area contributed by atoms with Gasteiger partial charge in [0, 0.05) is 16.7 Å². The third-order valence-corrected chi connectivity index (χ3v) is 2.92. The maximum absolute atomic E-state index is 3.48. The second kappa shape index (κ2) is 3.44. The molecule has 1 aromatic heterocycles. The molecule has 2 heteroatoms. The number of halogens is 1. The number of hydrogen-bond acceptors (Lipinski definition) is 0. The first-order chi connectivity index (χ1) is 5.15. The highest BCUT2D eigenvalue weighted by Gasteiger charge is 2.08. The zero-order valence-electron chi connectivity index (χ0n) is 7.24. The molecule has 0 fully saturated rings. The van der Waals surface area contributed by atoms with Crippen molar-refractivity contribution in [3.8, 4) is 0 Å². The van der Waals surface area contributed by atoms with Crippen molar-refractivity contribution < 1.29 is 0 Å². The SMILES string of the molecule is Cc1cc([C@@H](C)CBr)c(C)[nH]1. The highest BCUT2D eigenvalue weighted by Crippen LogP contribution is 2.21. The molecule has 0 aliphatic heterocycles. The Kier molecular flexibility index (Phi) is 2.77. The van der Waals surface area contributed by atoms with Crippen molar-refractivity contribution in [1.29, 1.82) is 0 Å². The van der Waals surface area contributed by atoms with Crippen LogP contribution in [0.2, 0.25) is 0 Å². The molecule has 0 aliphatic rings. The maximum Gasteiger partial charge on any atom is 0.0153 e. The summed E-state index contributed by atoms with van der Waals surface area (Å²) in [7, 11) is 0. The number of alkyl halides is 1. The Bertz CT molecular complexity index is 240. The Labute approximate surface area is 76.3 Å². The van der Waals surface area contributed by atoms with Crippen LogP contribution in [-0.2, 0) is 0 Å². The van der Waals surface area contributed by atoms with Crippen molar-refractivity contribution in [3.63, 3.8) is 0 Å². The Balaban J connectivity index is 2.93. The Morgan fingerprint density at radius 1 is 1.55 bits per heavy atom. The molecule has 1 heterocycles. The molecule has 1 rings (SSSR count). The first-order valence-electron chi connectivity index (χ1n) is 3.87. The fourth-order valence-electron chi connectivity index (χ4n) is 1.34. The molecule has 11 heavy (non-hydrogen) atoms. The molecule has 0 unspecified atom stereocenters. The molecule has 0 saturated heterocycles. The summed E-state index contributed by atoms with van der Waals surface area (Å²) in [6, 6.07) is 2.22. The second-order valence-electron chi connectivity index (χ2n) is 3.09. The van der Waals surface area contributed by atoms with E-state index in [1.807, 2.05) is 0 Å². The number of rotatable bonds is 2. The monoisotopic (exact) mass is 215 g/mol. The van der Waals surface area contributed by atoms with Crippen LogP contribution in [-0.4, -0.2) is 10.3 Å². The summed E-state index contributed by atoms with van der Waals surface area (Å²) in [5.74, 6) is 0.611. The maximum atomic E-state index is 3.48. The fourth-order valence-corrected chi connectivity index (χ4v) is 1.69. The van der Waals surface area contributed by atoms with Crippen molar-refractivity contribution in [2.24, 2.45) is 0 Å². The smallest absolute Gasteiger partial charge is 0.0153 e. The van der Waals surface area contributed by atoms with Crippen LogP contribution in [0.1, 0.15) is 29.8 Å². The van der Waals surface area contributed by atoms with Gasteiger partial charge in [0.25, 0.3) is 0 Å². The van der Waals surface area contributed by atoms with E-state index in [1.54, 1.807) is 0 Å². The number of aromatic nitrogens is 1. The van der Waals surface area contributed by atoms with Crippen molar-refractivity contribution in [2.75, 3.05) is 5.33 Å². The van der Waals surface area contributed by atoms with Gasteiger partial charge in [0.05, 0.1) is 0 Å². The van der Waals surface area contributed by atoms with E-state index < -0.39 is 0 Å². The van der Waals surface area contributed by atoms with Crippen molar-refractivity contribution in [3.05, 3.63) is 23.0 Å². The Hall–Kier alpha value is -0.240. The van der Waals surface area contributed by atoms with Crippen LogP contribution >= 0.6 is 15.9 Å². The van der Waals surface area contributed by atoms with Gasteiger partial charge in [0.1, 0.15) is 0 Å². The van der Waals surface area contributed by atoms with E-state index in [-0.39, 0.29) is 0 Å². The molecular formula is C9H14BrN. The first-order valence-corrected chi connectivity index (χ1v) is 4.99. The summed E-state index contributed by atoms with van der Waals surface area (Å²) >= 11 is 3.48. The van der Waals surface area contributed by atoms with E-state index in [1.165, 1.54) is 17.0 Å². The summed E-state index contributed by atoms with van der Waals surface area (Å²) in [5, 5.41) is 1.03. The quantitative estimate of drug-likeness (QED) is 0.731. The molecule has 1 N–H and O–H groups in total. The molecule has 0 aliphatic carbocycles. The number of H-pyrrole nitrogens is 1. The Morgan fingerprint density at radius 2 is 2.18 bits per heavy atom. The van der Waals surface area contributed by atoms with Crippen molar-refractivity contribution in [2.45, 2.75) is 26.7 Å².